The van der Waals surface area contributed by atoms with Crippen LogP contribution < -0.4 is 5.32 Å². The zero-order valence-electron chi connectivity index (χ0n) is 14.1. The molecular formula is C18H23F2NO5. The number of nitrogens with one attached hydrogen (secondary N) is 1. The molecular weight excluding hydrogens is 348 g/mol. The lowest BCUT2D eigenvalue weighted by molar-refractivity contribution is -0.170. The summed E-state index contributed by atoms with van der Waals surface area (Å²) >= 11 is 0. The number of aliphatic carboxylic acids is 1. The van der Waals surface area contributed by atoms with Gasteiger partial charge in [0.1, 0.15) is 11.6 Å². The summed E-state index contributed by atoms with van der Waals surface area (Å²) in [4.78, 5) is 11.1. The summed E-state index contributed by atoms with van der Waals surface area (Å²) in [5, 5.41) is 31.3. The molecule has 8 heteroatoms. The van der Waals surface area contributed by atoms with E-state index in [1.807, 2.05) is 0 Å². The number of carboxylic acid groups (broad SMARTS) is 1. The average molecular weight is 371 g/mol. The number of rotatable bonds is 8. The number of aliphatic hydroxyl groups excluding tert-OH is 2. The minimum atomic E-state index is -1.09. The first-order chi connectivity index (χ1) is 12.4. The van der Waals surface area contributed by atoms with E-state index in [0.717, 1.165) is 18.2 Å². The maximum atomic E-state index is 13.6. The molecule has 0 aliphatic carbocycles. The molecule has 0 radical (unpaired) electrons. The van der Waals surface area contributed by atoms with Crippen LogP contribution in [-0.2, 0) is 9.53 Å². The quantitative estimate of drug-likeness (QED) is 0.550. The molecule has 0 spiro atoms. The van der Waals surface area contributed by atoms with Crippen molar-refractivity contribution in [3.8, 4) is 0 Å². The molecule has 144 valence electrons. The number of hydrogen-bond donors (Lipinski definition) is 4. The third kappa shape index (κ3) is 5.57. The highest BCUT2D eigenvalue weighted by molar-refractivity contribution is 5.72. The summed E-state index contributed by atoms with van der Waals surface area (Å²) in [6.07, 6.45) is 1.08. The lowest BCUT2D eigenvalue weighted by Crippen LogP contribution is -2.54. The molecule has 0 amide bonds. The first-order valence-electron chi connectivity index (χ1n) is 8.44. The Bertz CT molecular complexity index is 640. The van der Waals surface area contributed by atoms with Crippen molar-refractivity contribution in [2.75, 3.05) is 13.2 Å². The van der Waals surface area contributed by atoms with Crippen molar-refractivity contribution in [2.45, 2.75) is 43.6 Å². The molecule has 0 bridgehead atoms. The first-order valence-corrected chi connectivity index (χ1v) is 8.44. The Hall–Kier alpha value is -1.87. The summed E-state index contributed by atoms with van der Waals surface area (Å²) in [5.74, 6) is -2.16. The number of halogens is 2. The Morgan fingerprint density at radius 3 is 2.85 bits per heavy atom. The van der Waals surface area contributed by atoms with Gasteiger partial charge in [-0.1, -0.05) is 12.2 Å². The first kappa shape index (κ1) is 20.4. The summed E-state index contributed by atoms with van der Waals surface area (Å²) in [6, 6.07) is 2.84. The fourth-order valence-electron chi connectivity index (χ4n) is 2.95. The second-order valence-corrected chi connectivity index (χ2v) is 6.17. The van der Waals surface area contributed by atoms with E-state index in [1.54, 1.807) is 6.08 Å². The van der Waals surface area contributed by atoms with Crippen molar-refractivity contribution in [1.29, 1.82) is 0 Å². The van der Waals surface area contributed by atoms with Gasteiger partial charge in [0.05, 0.1) is 12.2 Å². The maximum Gasteiger partial charge on any atom is 0.332 e. The van der Waals surface area contributed by atoms with Crippen LogP contribution in [0.5, 0.6) is 0 Å². The largest absolute Gasteiger partial charge is 0.479 e. The van der Waals surface area contributed by atoms with Crippen LogP contribution >= 0.6 is 0 Å². The van der Waals surface area contributed by atoms with Gasteiger partial charge in [-0.3, -0.25) is 0 Å². The van der Waals surface area contributed by atoms with Crippen LogP contribution in [0.2, 0.25) is 0 Å². The van der Waals surface area contributed by atoms with Gasteiger partial charge in [0.2, 0.25) is 0 Å². The van der Waals surface area contributed by atoms with E-state index in [0.29, 0.717) is 13.0 Å². The Morgan fingerprint density at radius 2 is 2.15 bits per heavy atom. The van der Waals surface area contributed by atoms with Crippen molar-refractivity contribution in [2.24, 2.45) is 0 Å². The van der Waals surface area contributed by atoms with Crippen LogP contribution in [0.3, 0.4) is 0 Å². The lowest BCUT2D eigenvalue weighted by atomic mass is 9.93. The van der Waals surface area contributed by atoms with Crippen molar-refractivity contribution < 1.29 is 33.6 Å². The molecule has 1 aromatic rings. The molecule has 1 aliphatic heterocycles. The Labute approximate surface area is 150 Å². The third-order valence-electron chi connectivity index (χ3n) is 4.29. The molecule has 1 unspecified atom stereocenters. The van der Waals surface area contributed by atoms with Crippen LogP contribution in [-0.4, -0.2) is 58.8 Å². The van der Waals surface area contributed by atoms with Gasteiger partial charge in [0.25, 0.3) is 0 Å². The Morgan fingerprint density at radius 1 is 1.38 bits per heavy atom. The van der Waals surface area contributed by atoms with Gasteiger partial charge < -0.3 is 25.4 Å². The molecule has 0 saturated carbocycles. The van der Waals surface area contributed by atoms with Gasteiger partial charge in [0, 0.05) is 24.8 Å². The van der Waals surface area contributed by atoms with Gasteiger partial charge >= 0.3 is 5.97 Å². The average Bonchev–Trinajstić information content (AvgIpc) is 2.61. The SMILES string of the molecule is O=C(O)[C@@H]1CC[C@@H](NCC=Cc2cc(F)ccc2F)[C@H](C(O)CCO)O1. The van der Waals surface area contributed by atoms with Gasteiger partial charge in [-0.15, -0.1) is 0 Å². The highest BCUT2D eigenvalue weighted by atomic mass is 19.1. The van der Waals surface area contributed by atoms with E-state index in [1.165, 1.54) is 6.08 Å². The fourth-order valence-corrected chi connectivity index (χ4v) is 2.95. The van der Waals surface area contributed by atoms with E-state index in [2.05, 4.69) is 5.32 Å². The van der Waals surface area contributed by atoms with E-state index in [-0.39, 0.29) is 31.1 Å². The van der Waals surface area contributed by atoms with Gasteiger partial charge in [0.15, 0.2) is 6.10 Å². The molecule has 0 aromatic heterocycles. The zero-order chi connectivity index (χ0) is 19.1. The zero-order valence-corrected chi connectivity index (χ0v) is 14.1. The molecule has 1 saturated heterocycles. The van der Waals surface area contributed by atoms with Gasteiger partial charge in [-0.25, -0.2) is 13.6 Å². The fraction of sp³-hybridized carbons (Fsp3) is 0.500. The topological polar surface area (TPSA) is 99.0 Å². The number of hydrogen-bond acceptors (Lipinski definition) is 5. The molecule has 1 aromatic carbocycles. The smallest absolute Gasteiger partial charge is 0.332 e. The normalized spacial score (nSPS) is 24.7. The third-order valence-corrected chi connectivity index (χ3v) is 4.29. The van der Waals surface area contributed by atoms with Crippen molar-refractivity contribution >= 4 is 12.0 Å². The summed E-state index contributed by atoms with van der Waals surface area (Å²) < 4.78 is 32.2. The number of aliphatic hydroxyl groups is 2. The number of benzene rings is 1. The second-order valence-electron chi connectivity index (χ2n) is 6.17. The predicted molar refractivity (Wildman–Crippen MR) is 90.4 cm³/mol. The van der Waals surface area contributed by atoms with Crippen LogP contribution in [0, 0.1) is 11.6 Å². The molecule has 1 heterocycles. The number of ether oxygens (including phenoxy) is 1. The highest BCUT2D eigenvalue weighted by Gasteiger charge is 2.37. The van der Waals surface area contributed by atoms with Crippen LogP contribution in [0.25, 0.3) is 6.08 Å². The minimum Gasteiger partial charge on any atom is -0.479 e. The minimum absolute atomic E-state index is 0.0690. The molecule has 4 atom stereocenters. The van der Waals surface area contributed by atoms with Gasteiger partial charge in [-0.2, -0.15) is 0 Å². The number of carbonyl (C=O) groups is 1. The molecule has 1 fully saturated rings. The van der Waals surface area contributed by atoms with Crippen molar-refractivity contribution in [3.63, 3.8) is 0 Å². The molecule has 2 rings (SSSR count). The Kier molecular flexibility index (Phi) is 7.65. The molecule has 26 heavy (non-hydrogen) atoms. The van der Waals surface area contributed by atoms with Gasteiger partial charge in [-0.05, 0) is 37.5 Å². The lowest BCUT2D eigenvalue weighted by Gasteiger charge is -2.37. The summed E-state index contributed by atoms with van der Waals surface area (Å²) in [7, 11) is 0. The van der Waals surface area contributed by atoms with Crippen LogP contribution in [0.15, 0.2) is 24.3 Å². The van der Waals surface area contributed by atoms with E-state index < -0.39 is 35.9 Å². The Balaban J connectivity index is 1.96. The summed E-state index contributed by atoms with van der Waals surface area (Å²) in [5.41, 5.74) is 0.120. The van der Waals surface area contributed by atoms with E-state index in [4.69, 9.17) is 14.9 Å². The maximum absolute atomic E-state index is 13.6. The summed E-state index contributed by atoms with van der Waals surface area (Å²) in [6.45, 7) is 0.0499. The highest BCUT2D eigenvalue weighted by Crippen LogP contribution is 2.23. The monoisotopic (exact) mass is 371 g/mol. The van der Waals surface area contributed by atoms with E-state index >= 15 is 0 Å². The predicted octanol–water partition coefficient (Wildman–Crippen LogP) is 1.31. The second kappa shape index (κ2) is 9.72. The van der Waals surface area contributed by atoms with Crippen molar-refractivity contribution in [3.05, 3.63) is 41.5 Å². The standard InChI is InChI=1S/C18H23F2NO5/c19-12-3-4-13(20)11(10-12)2-1-8-21-14-5-6-16(18(24)25)26-17(14)15(23)7-9-22/h1-4,10,14-17,21-23H,5-9H2,(H,24,25)/t14-,15?,16+,17-/m1/s1. The molecule has 4 N–H and O–H groups in total. The molecule has 1 aliphatic rings. The van der Waals surface area contributed by atoms with Crippen LogP contribution in [0.4, 0.5) is 8.78 Å². The van der Waals surface area contributed by atoms with E-state index in [9.17, 15) is 18.7 Å². The molecule has 6 nitrogen and oxygen atoms in total. The number of carboxylic acids is 1. The van der Waals surface area contributed by atoms with Crippen molar-refractivity contribution in [1.82, 2.24) is 5.32 Å². The van der Waals surface area contributed by atoms with Crippen LogP contribution in [0.1, 0.15) is 24.8 Å².